The lowest BCUT2D eigenvalue weighted by atomic mass is 9.54. The third-order valence-electron chi connectivity index (χ3n) is 6.26. The monoisotopic (exact) mass is 248 g/mol. The van der Waals surface area contributed by atoms with Gasteiger partial charge >= 0.3 is 0 Å². The molecule has 0 unspecified atom stereocenters. The molecule has 98 valence electrons. The fourth-order valence-corrected chi connectivity index (χ4v) is 5.36. The third kappa shape index (κ3) is 0.851. The smallest absolute Gasteiger partial charge is 0.205 e. The van der Waals surface area contributed by atoms with Gasteiger partial charge in [-0.2, -0.15) is 0 Å². The van der Waals surface area contributed by atoms with E-state index in [0.29, 0.717) is 11.8 Å². The minimum absolute atomic E-state index is 0.0308. The molecule has 0 amide bonds. The summed E-state index contributed by atoms with van der Waals surface area (Å²) in [6.45, 7) is 6.99. The highest BCUT2D eigenvalue weighted by atomic mass is 16.9. The molecule has 18 heavy (non-hydrogen) atoms. The molecule has 5 rings (SSSR count). The molecule has 3 nitrogen and oxygen atoms in total. The molecule has 0 N–H and O–H groups in total. The fourth-order valence-electron chi connectivity index (χ4n) is 5.36. The lowest BCUT2D eigenvalue weighted by molar-refractivity contribution is -0.114. The molecule has 0 spiro atoms. The van der Waals surface area contributed by atoms with Gasteiger partial charge in [0.2, 0.25) is 5.79 Å². The van der Waals surface area contributed by atoms with E-state index in [1.165, 1.54) is 18.4 Å². The molecule has 3 heteroatoms. The minimum Gasteiger partial charge on any atom is -0.338 e. The first-order chi connectivity index (χ1) is 8.50. The molecule has 4 fully saturated rings. The van der Waals surface area contributed by atoms with E-state index in [0.717, 1.165) is 6.42 Å². The highest BCUT2D eigenvalue weighted by Gasteiger charge is 2.94. The number of hydrogen-bond donors (Lipinski definition) is 0. The largest absolute Gasteiger partial charge is 0.338 e. The van der Waals surface area contributed by atoms with E-state index >= 15 is 0 Å². The van der Waals surface area contributed by atoms with Crippen molar-refractivity contribution in [3.05, 3.63) is 11.6 Å². The van der Waals surface area contributed by atoms with Gasteiger partial charge in [0.15, 0.2) is 11.9 Å². The first kappa shape index (κ1) is 10.4. The Balaban J connectivity index is 1.63. The summed E-state index contributed by atoms with van der Waals surface area (Å²) in [4.78, 5) is 0. The highest BCUT2D eigenvalue weighted by Crippen LogP contribution is 2.78. The maximum absolute atomic E-state index is 6.21. The van der Waals surface area contributed by atoms with Crippen LogP contribution in [0.5, 0.6) is 0 Å². The predicted molar refractivity (Wildman–Crippen MR) is 64.7 cm³/mol. The van der Waals surface area contributed by atoms with Crippen molar-refractivity contribution in [2.24, 2.45) is 17.3 Å². The number of ether oxygens (including phenoxy) is 3. The molecule has 1 saturated carbocycles. The van der Waals surface area contributed by atoms with Crippen LogP contribution in [0.2, 0.25) is 0 Å². The molecule has 3 heterocycles. The summed E-state index contributed by atoms with van der Waals surface area (Å²) >= 11 is 0. The molecule has 5 aliphatic rings. The van der Waals surface area contributed by atoms with Gasteiger partial charge in [0.05, 0.1) is 0 Å². The van der Waals surface area contributed by atoms with Crippen LogP contribution in [0.15, 0.2) is 11.6 Å². The van der Waals surface area contributed by atoms with Crippen molar-refractivity contribution in [2.45, 2.75) is 63.8 Å². The molecule has 0 bridgehead atoms. The van der Waals surface area contributed by atoms with Gasteiger partial charge in [-0.3, -0.25) is 0 Å². The summed E-state index contributed by atoms with van der Waals surface area (Å²) in [5.74, 6) is 1.03. The molecule has 0 radical (unpaired) electrons. The van der Waals surface area contributed by atoms with Crippen molar-refractivity contribution in [3.63, 3.8) is 0 Å². The van der Waals surface area contributed by atoms with Crippen LogP contribution in [0, 0.1) is 17.3 Å². The Morgan fingerprint density at radius 2 is 2.17 bits per heavy atom. The van der Waals surface area contributed by atoms with Crippen LogP contribution in [0.4, 0.5) is 0 Å². The van der Waals surface area contributed by atoms with Crippen LogP contribution >= 0.6 is 0 Å². The Labute approximate surface area is 107 Å². The Hall–Kier alpha value is -0.380. The molecule has 6 atom stereocenters. The summed E-state index contributed by atoms with van der Waals surface area (Å²) < 4.78 is 17.9. The van der Waals surface area contributed by atoms with Crippen molar-refractivity contribution in [1.82, 2.24) is 0 Å². The van der Waals surface area contributed by atoms with Gasteiger partial charge in [-0.15, -0.1) is 0 Å². The van der Waals surface area contributed by atoms with E-state index in [1.807, 2.05) is 0 Å². The fraction of sp³-hybridized carbons (Fsp3) is 0.867. The zero-order valence-corrected chi connectivity index (χ0v) is 11.2. The van der Waals surface area contributed by atoms with Crippen molar-refractivity contribution >= 4 is 0 Å². The van der Waals surface area contributed by atoms with E-state index in [9.17, 15) is 0 Å². The molecule has 0 aromatic carbocycles. The van der Waals surface area contributed by atoms with Gasteiger partial charge in [-0.25, -0.2) is 0 Å². The van der Waals surface area contributed by atoms with Crippen LogP contribution in [0.3, 0.4) is 0 Å². The summed E-state index contributed by atoms with van der Waals surface area (Å²) in [6.07, 6.45) is 6.28. The van der Waals surface area contributed by atoms with Gasteiger partial charge in [0.25, 0.3) is 0 Å². The van der Waals surface area contributed by atoms with Crippen LogP contribution in [0.25, 0.3) is 0 Å². The Morgan fingerprint density at radius 3 is 3.00 bits per heavy atom. The molecule has 0 aromatic rings. The number of epoxide rings is 2. The second-order valence-corrected chi connectivity index (χ2v) is 7.38. The standard InChI is InChI=1S/C15H20O3/c1-8-4-5-10-9(6-8)7-14-15(18-14,13(10,2)3)11-12(16-11)17-14/h6,9-12H,4-5,7H2,1-3H3/t9-,10-,11+,12+,14+,15-/m1/s1. The molecule has 2 aliphatic carbocycles. The maximum atomic E-state index is 6.21. The zero-order valence-electron chi connectivity index (χ0n) is 11.2. The molecule has 3 saturated heterocycles. The average molecular weight is 248 g/mol. The van der Waals surface area contributed by atoms with Crippen LogP contribution in [0.1, 0.15) is 40.0 Å². The maximum Gasteiger partial charge on any atom is 0.205 e. The number of hydrogen-bond acceptors (Lipinski definition) is 3. The SMILES string of the molecule is CC1=C[C@@H]2C[C@@]34O[C@@H]5O[C@@H]5[C@@]3(O4)C(C)(C)[C@@H]2CC1. The average Bonchev–Trinajstić information content (AvgIpc) is 3.15. The molecular weight excluding hydrogens is 228 g/mol. The summed E-state index contributed by atoms with van der Waals surface area (Å²) in [7, 11) is 0. The van der Waals surface area contributed by atoms with Crippen LogP contribution < -0.4 is 0 Å². The van der Waals surface area contributed by atoms with Gasteiger partial charge in [0.1, 0.15) is 6.10 Å². The molecule has 3 aliphatic heterocycles. The molecule has 0 aromatic heterocycles. The van der Waals surface area contributed by atoms with Gasteiger partial charge in [-0.05, 0) is 31.6 Å². The first-order valence-electron chi connectivity index (χ1n) is 7.21. The van der Waals surface area contributed by atoms with E-state index in [2.05, 4.69) is 26.8 Å². The van der Waals surface area contributed by atoms with E-state index in [4.69, 9.17) is 14.2 Å². The Bertz CT molecular complexity index is 482. The van der Waals surface area contributed by atoms with Gasteiger partial charge in [-0.1, -0.05) is 25.5 Å². The number of rotatable bonds is 0. The van der Waals surface area contributed by atoms with Gasteiger partial charge < -0.3 is 14.2 Å². The van der Waals surface area contributed by atoms with E-state index < -0.39 is 0 Å². The van der Waals surface area contributed by atoms with E-state index in [1.54, 1.807) is 0 Å². The quantitative estimate of drug-likeness (QED) is 0.488. The summed E-state index contributed by atoms with van der Waals surface area (Å²) in [5.41, 5.74) is 1.56. The lowest BCUT2D eigenvalue weighted by Gasteiger charge is -2.48. The Morgan fingerprint density at radius 1 is 1.33 bits per heavy atom. The normalized spacial score (nSPS) is 62.1. The van der Waals surface area contributed by atoms with Crippen LogP contribution in [-0.2, 0) is 14.2 Å². The van der Waals surface area contributed by atoms with Crippen molar-refractivity contribution in [2.75, 3.05) is 0 Å². The van der Waals surface area contributed by atoms with Crippen LogP contribution in [-0.4, -0.2) is 23.8 Å². The number of fused-ring (bicyclic) bond motifs is 2. The highest BCUT2D eigenvalue weighted by molar-refractivity contribution is 5.35. The van der Waals surface area contributed by atoms with Crippen molar-refractivity contribution < 1.29 is 14.2 Å². The molecular formula is C15H20O3. The van der Waals surface area contributed by atoms with Crippen molar-refractivity contribution in [1.29, 1.82) is 0 Å². The second-order valence-electron chi connectivity index (χ2n) is 7.38. The Kier molecular flexibility index (Phi) is 1.49. The predicted octanol–water partition coefficient (Wildman–Crippen LogP) is 2.61. The summed E-state index contributed by atoms with van der Waals surface area (Å²) in [5, 5.41) is 0. The first-order valence-corrected chi connectivity index (χ1v) is 7.21. The topological polar surface area (TPSA) is 34.3 Å². The van der Waals surface area contributed by atoms with Crippen molar-refractivity contribution in [3.8, 4) is 0 Å². The minimum atomic E-state index is -0.306. The summed E-state index contributed by atoms with van der Waals surface area (Å²) in [6, 6.07) is 0. The van der Waals surface area contributed by atoms with E-state index in [-0.39, 0.29) is 29.2 Å². The lowest BCUT2D eigenvalue weighted by Crippen LogP contribution is -2.54. The van der Waals surface area contributed by atoms with Gasteiger partial charge in [0, 0.05) is 11.8 Å². The zero-order chi connectivity index (χ0) is 12.3. The third-order valence-corrected chi connectivity index (χ3v) is 6.26. The number of allylic oxidation sites excluding steroid dienone is 2. The second kappa shape index (κ2) is 2.58.